The summed E-state index contributed by atoms with van der Waals surface area (Å²) in [5.41, 5.74) is 3.53. The van der Waals surface area contributed by atoms with Gasteiger partial charge in [0.1, 0.15) is 6.04 Å². The summed E-state index contributed by atoms with van der Waals surface area (Å²) in [6, 6.07) is 12.9. The van der Waals surface area contributed by atoms with Crippen molar-refractivity contribution in [2.75, 3.05) is 19.6 Å². The van der Waals surface area contributed by atoms with Gasteiger partial charge in [-0.3, -0.25) is 9.59 Å². The maximum Gasteiger partial charge on any atom is 0.318 e. The Morgan fingerprint density at radius 1 is 0.970 bits per heavy atom. The number of nitrogens with zero attached hydrogens (tertiary/aromatic N) is 3. The molecule has 33 heavy (non-hydrogen) atoms. The lowest BCUT2D eigenvalue weighted by Crippen LogP contribution is -2.57. The molecular formula is C26H32N4O3. The molecule has 3 amide bonds. The number of aromatic nitrogens is 1. The number of hydrogen-bond acceptors (Lipinski definition) is 3. The van der Waals surface area contributed by atoms with Crippen molar-refractivity contribution in [3.63, 3.8) is 0 Å². The Bertz CT molecular complexity index is 1120. The van der Waals surface area contributed by atoms with Crippen LogP contribution in [0, 0.1) is 11.8 Å². The molecule has 3 aliphatic rings. The topological polar surface area (TPSA) is 74.6 Å². The molecule has 1 saturated heterocycles. The first-order chi connectivity index (χ1) is 15.9. The number of benzene rings is 1. The van der Waals surface area contributed by atoms with E-state index < -0.39 is 6.04 Å². The van der Waals surface area contributed by atoms with Gasteiger partial charge < -0.3 is 19.7 Å². The molecule has 7 heteroatoms. The highest BCUT2D eigenvalue weighted by molar-refractivity contribution is 5.87. The lowest BCUT2D eigenvalue weighted by Gasteiger charge is -2.43. The van der Waals surface area contributed by atoms with Crippen LogP contribution < -0.4 is 10.9 Å². The highest BCUT2D eigenvalue weighted by atomic mass is 16.2. The van der Waals surface area contributed by atoms with Crippen molar-refractivity contribution in [3.05, 3.63) is 69.6 Å². The van der Waals surface area contributed by atoms with Gasteiger partial charge in [-0.05, 0) is 41.9 Å². The molecule has 5 rings (SSSR count). The Morgan fingerprint density at radius 3 is 2.55 bits per heavy atom. The zero-order valence-corrected chi connectivity index (χ0v) is 19.4. The Kier molecular flexibility index (Phi) is 5.72. The molecule has 2 bridgehead atoms. The number of urea groups is 1. The minimum atomic E-state index is -0.556. The molecule has 3 aliphatic heterocycles. The predicted molar refractivity (Wildman–Crippen MR) is 126 cm³/mol. The summed E-state index contributed by atoms with van der Waals surface area (Å²) in [5, 5.41) is 3.06. The van der Waals surface area contributed by atoms with Gasteiger partial charge in [0.15, 0.2) is 0 Å². The molecule has 0 saturated carbocycles. The van der Waals surface area contributed by atoms with E-state index in [4.69, 9.17) is 0 Å². The van der Waals surface area contributed by atoms with Crippen LogP contribution in [0.3, 0.4) is 0 Å². The Labute approximate surface area is 194 Å². The Hall–Kier alpha value is -3.09. The van der Waals surface area contributed by atoms with Gasteiger partial charge in [-0.15, -0.1) is 0 Å². The third-order valence-electron chi connectivity index (χ3n) is 7.42. The van der Waals surface area contributed by atoms with Crippen LogP contribution >= 0.6 is 0 Å². The Morgan fingerprint density at radius 2 is 1.76 bits per heavy atom. The van der Waals surface area contributed by atoms with Crippen molar-refractivity contribution in [1.29, 1.82) is 0 Å². The minimum Gasteiger partial charge on any atom is -0.336 e. The first-order valence-corrected chi connectivity index (χ1v) is 12.0. The number of pyridine rings is 1. The summed E-state index contributed by atoms with van der Waals surface area (Å²) in [4.78, 5) is 42.7. The van der Waals surface area contributed by atoms with Gasteiger partial charge in [-0.2, -0.15) is 0 Å². The number of likely N-dealkylation sites (tertiary alicyclic amines) is 1. The molecule has 7 nitrogen and oxygen atoms in total. The molecule has 1 aromatic heterocycles. The van der Waals surface area contributed by atoms with E-state index in [0.717, 1.165) is 18.5 Å². The molecule has 3 atom stereocenters. The molecule has 4 heterocycles. The fourth-order valence-electron chi connectivity index (χ4n) is 5.68. The third kappa shape index (κ3) is 4.16. The zero-order valence-electron chi connectivity index (χ0n) is 19.4. The van der Waals surface area contributed by atoms with E-state index >= 15 is 0 Å². The monoisotopic (exact) mass is 448 g/mol. The van der Waals surface area contributed by atoms with Gasteiger partial charge in [0.05, 0.1) is 0 Å². The van der Waals surface area contributed by atoms with Crippen LogP contribution in [0.5, 0.6) is 0 Å². The minimum absolute atomic E-state index is 0.0118. The van der Waals surface area contributed by atoms with Crippen molar-refractivity contribution in [1.82, 2.24) is 19.7 Å². The molecule has 1 N–H and O–H groups in total. The summed E-state index contributed by atoms with van der Waals surface area (Å²) in [5.74, 6) is 0.391. The fraction of sp³-hybridized carbons (Fsp3) is 0.500. The number of fused-ring (bicyclic) bond motifs is 5. The van der Waals surface area contributed by atoms with Gasteiger partial charge >= 0.3 is 6.03 Å². The zero-order chi connectivity index (χ0) is 23.1. The van der Waals surface area contributed by atoms with Crippen molar-refractivity contribution in [2.24, 2.45) is 11.8 Å². The number of hydrogen-bond donors (Lipinski definition) is 1. The van der Waals surface area contributed by atoms with Crippen molar-refractivity contribution in [2.45, 2.75) is 51.7 Å². The molecule has 0 spiro atoms. The van der Waals surface area contributed by atoms with Crippen LogP contribution in [0.1, 0.15) is 43.0 Å². The van der Waals surface area contributed by atoms with Crippen LogP contribution in [-0.2, 0) is 24.3 Å². The number of amides is 3. The molecular weight excluding hydrogens is 416 g/mol. The Balaban J connectivity index is 1.28. The SMILES string of the molecule is CC(C)[C@H](NC(=O)N1CC2CC(C1)c1cccc(=O)n1C2)C(=O)N1CCc2ccccc2C1. The predicted octanol–water partition coefficient (Wildman–Crippen LogP) is 2.59. The number of piperidine rings is 1. The van der Waals surface area contributed by atoms with E-state index in [1.807, 2.05) is 46.4 Å². The largest absolute Gasteiger partial charge is 0.336 e. The molecule has 0 radical (unpaired) electrons. The standard InChI is InChI=1S/C26H32N4O3/c1-17(2)24(25(32)28-11-10-19-6-3-4-7-20(19)15-28)27-26(33)29-13-18-12-21(16-29)22-8-5-9-23(31)30(22)14-18/h3-9,17-18,21,24H,10-16H2,1-2H3,(H,27,33)/t18?,21?,24-/m0/s1. The smallest absolute Gasteiger partial charge is 0.318 e. The maximum absolute atomic E-state index is 13.4. The van der Waals surface area contributed by atoms with E-state index in [9.17, 15) is 14.4 Å². The molecule has 1 fully saturated rings. The van der Waals surface area contributed by atoms with Gasteiger partial charge in [0.2, 0.25) is 5.91 Å². The van der Waals surface area contributed by atoms with Gasteiger partial charge in [0, 0.05) is 50.4 Å². The number of rotatable bonds is 3. The average molecular weight is 449 g/mol. The molecule has 174 valence electrons. The van der Waals surface area contributed by atoms with Gasteiger partial charge in [-0.1, -0.05) is 44.2 Å². The summed E-state index contributed by atoms with van der Waals surface area (Å²) in [6.45, 7) is 7.06. The van der Waals surface area contributed by atoms with Gasteiger partial charge in [-0.25, -0.2) is 4.79 Å². The molecule has 2 aromatic rings. The summed E-state index contributed by atoms with van der Waals surface area (Å²) in [7, 11) is 0. The number of carbonyl (C=O) groups excluding carboxylic acids is 2. The van der Waals surface area contributed by atoms with E-state index in [1.165, 1.54) is 11.1 Å². The van der Waals surface area contributed by atoms with Crippen molar-refractivity contribution < 1.29 is 9.59 Å². The second-order valence-electron chi connectivity index (χ2n) is 10.1. The quantitative estimate of drug-likeness (QED) is 0.784. The van der Waals surface area contributed by atoms with E-state index in [0.29, 0.717) is 32.7 Å². The van der Waals surface area contributed by atoms with Crippen molar-refractivity contribution >= 4 is 11.9 Å². The van der Waals surface area contributed by atoms with Crippen LogP contribution in [0.4, 0.5) is 4.79 Å². The van der Waals surface area contributed by atoms with Crippen LogP contribution in [0.15, 0.2) is 47.3 Å². The van der Waals surface area contributed by atoms with E-state index in [1.54, 1.807) is 12.1 Å². The van der Waals surface area contributed by atoms with Crippen LogP contribution in [-0.4, -0.2) is 52.0 Å². The highest BCUT2D eigenvalue weighted by Gasteiger charge is 2.38. The van der Waals surface area contributed by atoms with Gasteiger partial charge in [0.25, 0.3) is 5.56 Å². The first kappa shape index (κ1) is 21.7. The molecule has 1 aromatic carbocycles. The summed E-state index contributed by atoms with van der Waals surface area (Å²) in [6.07, 6.45) is 1.84. The van der Waals surface area contributed by atoms with E-state index in [-0.39, 0.29) is 35.3 Å². The third-order valence-corrected chi connectivity index (χ3v) is 7.42. The number of nitrogens with one attached hydrogen (secondary N) is 1. The van der Waals surface area contributed by atoms with Crippen LogP contribution in [0.25, 0.3) is 0 Å². The van der Waals surface area contributed by atoms with E-state index in [2.05, 4.69) is 17.4 Å². The lowest BCUT2D eigenvalue weighted by molar-refractivity contribution is -0.135. The molecule has 2 unspecified atom stereocenters. The molecule has 0 aliphatic carbocycles. The van der Waals surface area contributed by atoms with Crippen LogP contribution in [0.2, 0.25) is 0 Å². The average Bonchev–Trinajstić information content (AvgIpc) is 2.82. The summed E-state index contributed by atoms with van der Waals surface area (Å²) < 4.78 is 1.86. The number of carbonyl (C=O) groups is 2. The van der Waals surface area contributed by atoms with Crippen molar-refractivity contribution in [3.8, 4) is 0 Å². The lowest BCUT2D eigenvalue weighted by atomic mass is 9.83. The fourth-order valence-corrected chi connectivity index (χ4v) is 5.68. The normalized spacial score (nSPS) is 22.4. The highest BCUT2D eigenvalue weighted by Crippen LogP contribution is 2.35. The summed E-state index contributed by atoms with van der Waals surface area (Å²) >= 11 is 0. The maximum atomic E-state index is 13.4. The first-order valence-electron chi connectivity index (χ1n) is 12.0. The second kappa shape index (κ2) is 8.69. The second-order valence-corrected chi connectivity index (χ2v) is 10.1.